The number of halogens is 1. The second-order valence-corrected chi connectivity index (χ2v) is 4.27. The number of carbonyl (C=O) groups is 1. The van der Waals surface area contributed by atoms with Crippen LogP contribution in [-0.2, 0) is 0 Å². The molecule has 0 radical (unpaired) electrons. The number of piperidine rings is 1. The second kappa shape index (κ2) is 4.64. The average molecular weight is 221 g/mol. The van der Waals surface area contributed by atoms with Gasteiger partial charge in [-0.1, -0.05) is 6.07 Å². The molecule has 0 bridgehead atoms. The molecule has 0 unspecified atom stereocenters. The Morgan fingerprint density at radius 2 is 1.94 bits per heavy atom. The third kappa shape index (κ3) is 2.08. The lowest BCUT2D eigenvalue weighted by molar-refractivity contribution is 0.0723. The van der Waals surface area contributed by atoms with E-state index in [-0.39, 0.29) is 11.7 Å². The van der Waals surface area contributed by atoms with Gasteiger partial charge in [-0.15, -0.1) is 0 Å². The number of rotatable bonds is 1. The van der Waals surface area contributed by atoms with Crippen molar-refractivity contribution in [2.75, 3.05) is 13.1 Å². The highest BCUT2D eigenvalue weighted by atomic mass is 19.1. The number of nitrogens with zero attached hydrogens (tertiary/aromatic N) is 1. The van der Waals surface area contributed by atoms with Gasteiger partial charge in [-0.05, 0) is 43.9 Å². The van der Waals surface area contributed by atoms with Gasteiger partial charge in [0.1, 0.15) is 5.82 Å². The van der Waals surface area contributed by atoms with Gasteiger partial charge < -0.3 is 4.90 Å². The number of carbonyl (C=O) groups excluding carboxylic acids is 1. The highest BCUT2D eigenvalue weighted by Crippen LogP contribution is 2.17. The molecular weight excluding hydrogens is 205 g/mol. The normalized spacial score (nSPS) is 16.2. The van der Waals surface area contributed by atoms with Crippen molar-refractivity contribution in [3.63, 3.8) is 0 Å². The molecule has 1 aliphatic heterocycles. The third-order valence-electron chi connectivity index (χ3n) is 3.14. The van der Waals surface area contributed by atoms with E-state index in [9.17, 15) is 9.18 Å². The van der Waals surface area contributed by atoms with Crippen LogP contribution in [0.25, 0.3) is 0 Å². The monoisotopic (exact) mass is 221 g/mol. The minimum Gasteiger partial charge on any atom is -0.339 e. The summed E-state index contributed by atoms with van der Waals surface area (Å²) < 4.78 is 13.3. The summed E-state index contributed by atoms with van der Waals surface area (Å²) in [4.78, 5) is 14.0. The molecule has 0 saturated carbocycles. The Labute approximate surface area is 95.1 Å². The van der Waals surface area contributed by atoms with Crippen molar-refractivity contribution in [2.24, 2.45) is 0 Å². The summed E-state index contributed by atoms with van der Waals surface area (Å²) in [5.74, 6) is -0.334. The number of benzene rings is 1. The van der Waals surface area contributed by atoms with Crippen LogP contribution in [0, 0.1) is 12.7 Å². The molecular formula is C13H16FNO. The predicted molar refractivity (Wildman–Crippen MR) is 60.9 cm³/mol. The number of amides is 1. The molecule has 2 rings (SSSR count). The largest absolute Gasteiger partial charge is 0.339 e. The van der Waals surface area contributed by atoms with Crippen LogP contribution in [0.2, 0.25) is 0 Å². The summed E-state index contributed by atoms with van der Waals surface area (Å²) in [6.45, 7) is 3.26. The summed E-state index contributed by atoms with van der Waals surface area (Å²) in [5.41, 5.74) is 0.958. The maximum Gasteiger partial charge on any atom is 0.254 e. The van der Waals surface area contributed by atoms with Gasteiger partial charge in [-0.25, -0.2) is 4.39 Å². The van der Waals surface area contributed by atoms with Gasteiger partial charge in [0.15, 0.2) is 0 Å². The van der Waals surface area contributed by atoms with E-state index in [4.69, 9.17) is 0 Å². The van der Waals surface area contributed by atoms with Crippen molar-refractivity contribution in [1.29, 1.82) is 0 Å². The van der Waals surface area contributed by atoms with Gasteiger partial charge in [0.2, 0.25) is 0 Å². The van der Waals surface area contributed by atoms with Gasteiger partial charge in [-0.3, -0.25) is 4.79 Å². The molecule has 1 amide bonds. The lowest BCUT2D eigenvalue weighted by atomic mass is 10.0. The van der Waals surface area contributed by atoms with E-state index in [1.807, 2.05) is 4.90 Å². The molecule has 3 heteroatoms. The molecule has 0 aromatic heterocycles. The van der Waals surface area contributed by atoms with E-state index in [1.165, 1.54) is 12.5 Å². The van der Waals surface area contributed by atoms with Gasteiger partial charge in [-0.2, -0.15) is 0 Å². The minimum atomic E-state index is -0.303. The maximum atomic E-state index is 13.3. The van der Waals surface area contributed by atoms with Gasteiger partial charge in [0, 0.05) is 18.7 Å². The van der Waals surface area contributed by atoms with Crippen molar-refractivity contribution >= 4 is 5.91 Å². The smallest absolute Gasteiger partial charge is 0.254 e. The number of hydrogen-bond acceptors (Lipinski definition) is 1. The van der Waals surface area contributed by atoms with Crippen LogP contribution in [0.5, 0.6) is 0 Å². The average Bonchev–Trinajstić information content (AvgIpc) is 2.33. The highest BCUT2D eigenvalue weighted by Gasteiger charge is 2.20. The van der Waals surface area contributed by atoms with E-state index < -0.39 is 0 Å². The van der Waals surface area contributed by atoms with Crippen molar-refractivity contribution in [1.82, 2.24) is 4.90 Å². The maximum absolute atomic E-state index is 13.3. The molecule has 1 aliphatic rings. The molecule has 1 saturated heterocycles. The van der Waals surface area contributed by atoms with E-state index in [2.05, 4.69) is 0 Å². The van der Waals surface area contributed by atoms with Crippen molar-refractivity contribution in [2.45, 2.75) is 26.2 Å². The van der Waals surface area contributed by atoms with Gasteiger partial charge >= 0.3 is 0 Å². The second-order valence-electron chi connectivity index (χ2n) is 4.27. The molecule has 1 aromatic carbocycles. The van der Waals surface area contributed by atoms with Gasteiger partial charge in [0.05, 0.1) is 0 Å². The summed E-state index contributed by atoms with van der Waals surface area (Å²) in [6.07, 6.45) is 3.30. The Bertz CT molecular complexity index is 397. The fourth-order valence-corrected chi connectivity index (χ4v) is 2.11. The van der Waals surface area contributed by atoms with Crippen LogP contribution in [0.15, 0.2) is 18.2 Å². The van der Waals surface area contributed by atoms with Crippen LogP contribution in [0.1, 0.15) is 35.2 Å². The molecule has 0 spiro atoms. The molecule has 1 heterocycles. The van der Waals surface area contributed by atoms with Crippen LogP contribution in [0.3, 0.4) is 0 Å². The van der Waals surface area contributed by atoms with E-state index in [0.717, 1.165) is 25.9 Å². The van der Waals surface area contributed by atoms with Crippen molar-refractivity contribution in [3.8, 4) is 0 Å². The molecule has 1 aromatic rings. The van der Waals surface area contributed by atoms with Gasteiger partial charge in [0.25, 0.3) is 5.91 Å². The molecule has 0 atom stereocenters. The Morgan fingerprint density at radius 1 is 1.25 bits per heavy atom. The Kier molecular flexibility index (Phi) is 3.22. The van der Waals surface area contributed by atoms with E-state index in [1.54, 1.807) is 19.1 Å². The molecule has 0 N–H and O–H groups in total. The number of likely N-dealkylation sites (tertiary alicyclic amines) is 1. The zero-order chi connectivity index (χ0) is 11.5. The lowest BCUT2D eigenvalue weighted by Crippen LogP contribution is -2.36. The first-order valence-electron chi connectivity index (χ1n) is 5.74. The first-order chi connectivity index (χ1) is 7.70. The Morgan fingerprint density at radius 3 is 2.62 bits per heavy atom. The fourth-order valence-electron chi connectivity index (χ4n) is 2.11. The minimum absolute atomic E-state index is 0.0308. The molecule has 16 heavy (non-hydrogen) atoms. The quantitative estimate of drug-likeness (QED) is 0.714. The van der Waals surface area contributed by atoms with E-state index in [0.29, 0.717) is 11.1 Å². The van der Waals surface area contributed by atoms with Crippen LogP contribution in [-0.4, -0.2) is 23.9 Å². The SMILES string of the molecule is Cc1c(F)cccc1C(=O)N1CCCCC1. The molecule has 1 fully saturated rings. The summed E-state index contributed by atoms with van der Waals surface area (Å²) >= 11 is 0. The Hall–Kier alpha value is -1.38. The fraction of sp³-hybridized carbons (Fsp3) is 0.462. The van der Waals surface area contributed by atoms with Crippen LogP contribution < -0.4 is 0 Å². The standard InChI is InChI=1S/C13H16FNO/c1-10-11(6-5-7-12(10)14)13(16)15-8-3-2-4-9-15/h5-7H,2-4,8-9H2,1H3. The lowest BCUT2D eigenvalue weighted by Gasteiger charge is -2.27. The topological polar surface area (TPSA) is 20.3 Å². The Balaban J connectivity index is 2.22. The predicted octanol–water partition coefficient (Wildman–Crippen LogP) is 2.76. The zero-order valence-corrected chi connectivity index (χ0v) is 9.50. The third-order valence-corrected chi connectivity index (χ3v) is 3.14. The van der Waals surface area contributed by atoms with Crippen molar-refractivity contribution in [3.05, 3.63) is 35.1 Å². The molecule has 0 aliphatic carbocycles. The first-order valence-corrected chi connectivity index (χ1v) is 5.74. The zero-order valence-electron chi connectivity index (χ0n) is 9.50. The summed E-state index contributed by atoms with van der Waals surface area (Å²) in [5, 5.41) is 0. The van der Waals surface area contributed by atoms with E-state index >= 15 is 0 Å². The summed E-state index contributed by atoms with van der Waals surface area (Å²) in [6, 6.07) is 4.69. The van der Waals surface area contributed by atoms with Crippen molar-refractivity contribution < 1.29 is 9.18 Å². The highest BCUT2D eigenvalue weighted by molar-refractivity contribution is 5.95. The summed E-state index contributed by atoms with van der Waals surface area (Å²) in [7, 11) is 0. The first kappa shape index (κ1) is 11.1. The number of hydrogen-bond donors (Lipinski definition) is 0. The molecule has 86 valence electrons. The molecule has 2 nitrogen and oxygen atoms in total. The van der Waals surface area contributed by atoms with Crippen LogP contribution in [0.4, 0.5) is 4.39 Å². The van der Waals surface area contributed by atoms with Crippen LogP contribution >= 0.6 is 0 Å².